The van der Waals surface area contributed by atoms with Gasteiger partial charge < -0.3 is 10.2 Å². The van der Waals surface area contributed by atoms with Crippen molar-refractivity contribution in [3.8, 4) is 0 Å². The third-order valence-electron chi connectivity index (χ3n) is 3.05. The molecule has 0 atom stereocenters. The monoisotopic (exact) mass is 334 g/mol. The van der Waals surface area contributed by atoms with Crippen LogP contribution in [0.25, 0.3) is 0 Å². The van der Waals surface area contributed by atoms with Gasteiger partial charge in [0.2, 0.25) is 0 Å². The van der Waals surface area contributed by atoms with Crippen LogP contribution in [-0.4, -0.2) is 30.1 Å². The second-order valence-electron chi connectivity index (χ2n) is 4.59. The topological polar surface area (TPSA) is 41.0 Å². The summed E-state index contributed by atoms with van der Waals surface area (Å²) >= 11 is 3.45. The minimum Gasteiger partial charge on any atom is -0.370 e. The number of anilines is 2. The third kappa shape index (κ3) is 4.20. The molecule has 1 aromatic heterocycles. The number of hydrogen-bond acceptors (Lipinski definition) is 4. The van der Waals surface area contributed by atoms with Crippen LogP contribution in [0.5, 0.6) is 0 Å². The number of nitrogens with zero attached hydrogens (tertiary/aromatic N) is 3. The fraction of sp³-hybridized carbons (Fsp3) is 0.333. The van der Waals surface area contributed by atoms with E-state index < -0.39 is 0 Å². The van der Waals surface area contributed by atoms with Gasteiger partial charge in [0.05, 0.1) is 0 Å². The number of likely N-dealkylation sites (N-methyl/N-ethyl adjacent to an activating group) is 1. The molecule has 0 unspecified atom stereocenters. The summed E-state index contributed by atoms with van der Waals surface area (Å²) in [7, 11) is 2.05. The summed E-state index contributed by atoms with van der Waals surface area (Å²) in [6.07, 6.45) is 2.59. The average Bonchev–Trinajstić information content (AvgIpc) is 2.47. The Kier molecular flexibility index (Phi) is 5.35. The Bertz CT molecular complexity index is 542. The van der Waals surface area contributed by atoms with Gasteiger partial charge in [-0.15, -0.1) is 0 Å². The summed E-state index contributed by atoms with van der Waals surface area (Å²) < 4.78 is 1.11. The normalized spacial score (nSPS) is 10.3. The molecule has 5 heteroatoms. The summed E-state index contributed by atoms with van der Waals surface area (Å²) in [5, 5.41) is 3.20. The minimum atomic E-state index is 0.860. The highest BCUT2D eigenvalue weighted by molar-refractivity contribution is 9.10. The third-order valence-corrected chi connectivity index (χ3v) is 3.58. The Morgan fingerprint density at radius 1 is 1.20 bits per heavy atom. The summed E-state index contributed by atoms with van der Waals surface area (Å²) in [4.78, 5) is 10.6. The first-order valence-electron chi connectivity index (χ1n) is 6.70. The number of nitrogens with one attached hydrogen (secondary N) is 1. The number of halogens is 1. The molecule has 0 bridgehead atoms. The molecule has 106 valence electrons. The molecular formula is C15H19BrN4. The molecule has 1 aromatic carbocycles. The molecular weight excluding hydrogens is 316 g/mol. The Hall–Kier alpha value is -1.62. The number of benzene rings is 1. The number of hydrogen-bond donors (Lipinski definition) is 1. The lowest BCUT2D eigenvalue weighted by Crippen LogP contribution is -2.21. The molecule has 1 N–H and O–H groups in total. The lowest BCUT2D eigenvalue weighted by Gasteiger charge is -2.18. The van der Waals surface area contributed by atoms with E-state index >= 15 is 0 Å². The van der Waals surface area contributed by atoms with E-state index in [1.165, 1.54) is 5.56 Å². The highest BCUT2D eigenvalue weighted by Crippen LogP contribution is 2.14. The quantitative estimate of drug-likeness (QED) is 0.879. The van der Waals surface area contributed by atoms with Crippen molar-refractivity contribution >= 4 is 27.6 Å². The van der Waals surface area contributed by atoms with E-state index in [-0.39, 0.29) is 0 Å². The van der Waals surface area contributed by atoms with E-state index in [4.69, 9.17) is 0 Å². The predicted octanol–water partition coefficient (Wildman–Crippen LogP) is 3.35. The lowest BCUT2D eigenvalue weighted by molar-refractivity contribution is 0.855. The Balaban J connectivity index is 1.95. The van der Waals surface area contributed by atoms with Gasteiger partial charge in [-0.1, -0.05) is 28.1 Å². The summed E-state index contributed by atoms with van der Waals surface area (Å²) in [6, 6.07) is 10.4. The van der Waals surface area contributed by atoms with Gasteiger partial charge in [0.15, 0.2) is 0 Å². The molecule has 0 aliphatic heterocycles. The molecule has 0 aliphatic carbocycles. The van der Waals surface area contributed by atoms with Crippen LogP contribution >= 0.6 is 15.9 Å². The second kappa shape index (κ2) is 7.24. The highest BCUT2D eigenvalue weighted by Gasteiger charge is 2.04. The molecule has 0 saturated heterocycles. The van der Waals surface area contributed by atoms with Crippen LogP contribution in [0.4, 0.5) is 11.6 Å². The van der Waals surface area contributed by atoms with Crippen LogP contribution in [0, 0.1) is 0 Å². The Morgan fingerprint density at radius 2 is 1.95 bits per heavy atom. The van der Waals surface area contributed by atoms with Crippen molar-refractivity contribution in [2.75, 3.05) is 30.4 Å². The average molecular weight is 335 g/mol. The van der Waals surface area contributed by atoms with Crippen LogP contribution in [0.15, 0.2) is 41.1 Å². The van der Waals surface area contributed by atoms with Crippen molar-refractivity contribution in [1.29, 1.82) is 0 Å². The van der Waals surface area contributed by atoms with Crippen molar-refractivity contribution in [2.24, 2.45) is 0 Å². The molecule has 0 amide bonds. The first-order valence-corrected chi connectivity index (χ1v) is 7.50. The van der Waals surface area contributed by atoms with Crippen molar-refractivity contribution < 1.29 is 0 Å². The van der Waals surface area contributed by atoms with Crippen molar-refractivity contribution in [3.05, 3.63) is 46.7 Å². The van der Waals surface area contributed by atoms with Gasteiger partial charge in [-0.25, -0.2) is 9.97 Å². The standard InChI is InChI=1S/C15H19BrN4/c1-3-17-14-10-15(19-11-18-14)20(2)9-8-12-4-6-13(16)7-5-12/h4-7,10-11H,3,8-9H2,1-2H3,(H,17,18,19). The van der Waals surface area contributed by atoms with Crippen LogP contribution in [0.3, 0.4) is 0 Å². The molecule has 0 spiro atoms. The minimum absolute atomic E-state index is 0.860. The molecule has 1 heterocycles. The van der Waals surface area contributed by atoms with Crippen LogP contribution in [0.1, 0.15) is 12.5 Å². The van der Waals surface area contributed by atoms with E-state index in [2.05, 4.69) is 74.4 Å². The fourth-order valence-electron chi connectivity index (χ4n) is 1.90. The van der Waals surface area contributed by atoms with E-state index in [1.54, 1.807) is 6.33 Å². The van der Waals surface area contributed by atoms with Crippen molar-refractivity contribution in [2.45, 2.75) is 13.3 Å². The molecule has 2 aromatic rings. The zero-order valence-corrected chi connectivity index (χ0v) is 13.4. The maximum Gasteiger partial charge on any atom is 0.133 e. The summed E-state index contributed by atoms with van der Waals surface area (Å²) in [5.74, 6) is 1.81. The first-order chi connectivity index (χ1) is 9.69. The van der Waals surface area contributed by atoms with E-state index in [9.17, 15) is 0 Å². The van der Waals surface area contributed by atoms with Gasteiger partial charge in [0, 0.05) is 30.7 Å². The SMILES string of the molecule is CCNc1cc(N(C)CCc2ccc(Br)cc2)ncn1. The fourth-order valence-corrected chi connectivity index (χ4v) is 2.16. The highest BCUT2D eigenvalue weighted by atomic mass is 79.9. The predicted molar refractivity (Wildman–Crippen MR) is 87.3 cm³/mol. The first kappa shape index (κ1) is 14.8. The van der Waals surface area contributed by atoms with Gasteiger partial charge in [-0.2, -0.15) is 0 Å². The van der Waals surface area contributed by atoms with Gasteiger partial charge >= 0.3 is 0 Å². The Morgan fingerprint density at radius 3 is 2.65 bits per heavy atom. The van der Waals surface area contributed by atoms with Crippen molar-refractivity contribution in [3.63, 3.8) is 0 Å². The lowest BCUT2D eigenvalue weighted by atomic mass is 10.1. The zero-order chi connectivity index (χ0) is 14.4. The van der Waals surface area contributed by atoms with Crippen LogP contribution in [0.2, 0.25) is 0 Å². The largest absolute Gasteiger partial charge is 0.370 e. The van der Waals surface area contributed by atoms with Gasteiger partial charge in [0.1, 0.15) is 18.0 Å². The molecule has 0 saturated carbocycles. The zero-order valence-electron chi connectivity index (χ0n) is 11.8. The smallest absolute Gasteiger partial charge is 0.133 e. The molecule has 4 nitrogen and oxygen atoms in total. The molecule has 20 heavy (non-hydrogen) atoms. The van der Waals surface area contributed by atoms with Crippen LogP contribution in [-0.2, 0) is 6.42 Å². The molecule has 0 radical (unpaired) electrons. The number of rotatable bonds is 6. The molecule has 0 fully saturated rings. The second-order valence-corrected chi connectivity index (χ2v) is 5.51. The van der Waals surface area contributed by atoms with Gasteiger partial charge in [-0.3, -0.25) is 0 Å². The molecule has 0 aliphatic rings. The Labute approximate surface area is 128 Å². The van der Waals surface area contributed by atoms with Gasteiger partial charge in [-0.05, 0) is 31.0 Å². The van der Waals surface area contributed by atoms with Crippen LogP contribution < -0.4 is 10.2 Å². The van der Waals surface area contributed by atoms with E-state index in [0.717, 1.165) is 35.6 Å². The maximum absolute atomic E-state index is 4.32. The number of aromatic nitrogens is 2. The summed E-state index contributed by atoms with van der Waals surface area (Å²) in [6.45, 7) is 3.84. The molecule has 2 rings (SSSR count). The van der Waals surface area contributed by atoms with E-state index in [1.807, 2.05) is 6.07 Å². The van der Waals surface area contributed by atoms with Gasteiger partial charge in [0.25, 0.3) is 0 Å². The maximum atomic E-state index is 4.32. The van der Waals surface area contributed by atoms with E-state index in [0.29, 0.717) is 0 Å². The summed E-state index contributed by atoms with van der Waals surface area (Å²) in [5.41, 5.74) is 1.32. The van der Waals surface area contributed by atoms with Crippen molar-refractivity contribution in [1.82, 2.24) is 9.97 Å².